The molecule has 0 spiro atoms. The average Bonchev–Trinajstić information content (AvgIpc) is 2.63. The van der Waals surface area contributed by atoms with Gasteiger partial charge in [-0.2, -0.15) is 0 Å². The quantitative estimate of drug-likeness (QED) is 0.780. The molecule has 0 radical (unpaired) electrons. The van der Waals surface area contributed by atoms with Crippen LogP contribution in [0.25, 0.3) is 0 Å². The molecule has 0 aromatic heterocycles. The number of amides is 1. The van der Waals surface area contributed by atoms with E-state index in [1.54, 1.807) is 0 Å². The van der Waals surface area contributed by atoms with Crippen LogP contribution in [0.15, 0.2) is 0 Å². The second-order valence-corrected chi connectivity index (χ2v) is 4.92. The van der Waals surface area contributed by atoms with Gasteiger partial charge in [0.25, 0.3) is 0 Å². The Labute approximate surface area is 99.6 Å². The van der Waals surface area contributed by atoms with E-state index in [2.05, 4.69) is 44.8 Å². The summed E-state index contributed by atoms with van der Waals surface area (Å²) in [5, 5.41) is 3.43. The first kappa shape index (κ1) is 13.5. The summed E-state index contributed by atoms with van der Waals surface area (Å²) in [5.74, 6) is 0.859. The van der Waals surface area contributed by atoms with Crippen molar-refractivity contribution in [1.29, 1.82) is 0 Å². The van der Waals surface area contributed by atoms with Crippen LogP contribution in [-0.4, -0.2) is 29.1 Å². The topological polar surface area (TPSA) is 32.3 Å². The Morgan fingerprint density at radius 1 is 1.25 bits per heavy atom. The largest absolute Gasteiger partial charge is 0.323 e. The van der Waals surface area contributed by atoms with E-state index >= 15 is 0 Å². The average molecular weight is 226 g/mol. The molecule has 4 unspecified atom stereocenters. The summed E-state index contributed by atoms with van der Waals surface area (Å²) in [6.45, 7) is 10.8. The van der Waals surface area contributed by atoms with Gasteiger partial charge >= 0.3 is 0 Å². The molecule has 1 aliphatic heterocycles. The molecule has 1 rings (SSSR count). The van der Waals surface area contributed by atoms with Crippen LogP contribution in [0.1, 0.15) is 53.9 Å². The predicted octanol–water partition coefficient (Wildman–Crippen LogP) is 2.37. The van der Waals surface area contributed by atoms with Gasteiger partial charge in [0, 0.05) is 6.04 Å². The number of carbonyl (C=O) groups is 1. The SMILES string of the molecule is CCC1NC(CC)N(C(C)C(C)CC)C1=O. The maximum atomic E-state index is 12.2. The van der Waals surface area contributed by atoms with Gasteiger partial charge in [0.1, 0.15) is 0 Å². The maximum absolute atomic E-state index is 12.2. The van der Waals surface area contributed by atoms with Crippen LogP contribution < -0.4 is 5.32 Å². The number of hydrogen-bond acceptors (Lipinski definition) is 2. The Morgan fingerprint density at radius 3 is 2.31 bits per heavy atom. The molecule has 0 bridgehead atoms. The normalized spacial score (nSPS) is 29.6. The van der Waals surface area contributed by atoms with Crippen molar-refractivity contribution in [3.8, 4) is 0 Å². The highest BCUT2D eigenvalue weighted by Crippen LogP contribution is 2.23. The second kappa shape index (κ2) is 5.67. The zero-order valence-electron chi connectivity index (χ0n) is 11.3. The zero-order chi connectivity index (χ0) is 12.3. The highest BCUT2D eigenvalue weighted by atomic mass is 16.2. The monoisotopic (exact) mass is 226 g/mol. The van der Waals surface area contributed by atoms with E-state index in [1.807, 2.05) is 0 Å². The molecule has 0 aromatic rings. The van der Waals surface area contributed by atoms with Crippen molar-refractivity contribution in [1.82, 2.24) is 10.2 Å². The van der Waals surface area contributed by atoms with E-state index in [1.165, 1.54) is 0 Å². The van der Waals surface area contributed by atoms with Crippen LogP contribution in [0.4, 0.5) is 0 Å². The molecule has 1 saturated heterocycles. The van der Waals surface area contributed by atoms with E-state index in [0.29, 0.717) is 17.9 Å². The molecule has 1 N–H and O–H groups in total. The highest BCUT2D eigenvalue weighted by molar-refractivity contribution is 5.84. The molecule has 94 valence electrons. The van der Waals surface area contributed by atoms with E-state index in [4.69, 9.17) is 0 Å². The molecule has 0 aromatic carbocycles. The fourth-order valence-electron chi connectivity index (χ4n) is 2.42. The van der Waals surface area contributed by atoms with Crippen LogP contribution in [-0.2, 0) is 4.79 Å². The van der Waals surface area contributed by atoms with E-state index in [9.17, 15) is 4.79 Å². The minimum atomic E-state index is 0.0384. The van der Waals surface area contributed by atoms with Gasteiger partial charge in [0.2, 0.25) is 5.91 Å². The second-order valence-electron chi connectivity index (χ2n) is 4.92. The lowest BCUT2D eigenvalue weighted by Crippen LogP contribution is -2.45. The molecule has 1 fully saturated rings. The first-order valence-electron chi connectivity index (χ1n) is 6.64. The van der Waals surface area contributed by atoms with Gasteiger partial charge < -0.3 is 4.90 Å². The third-order valence-corrected chi connectivity index (χ3v) is 3.98. The van der Waals surface area contributed by atoms with Crippen molar-refractivity contribution >= 4 is 5.91 Å². The fraction of sp³-hybridized carbons (Fsp3) is 0.923. The van der Waals surface area contributed by atoms with Crippen molar-refractivity contribution in [2.75, 3.05) is 0 Å². The first-order valence-corrected chi connectivity index (χ1v) is 6.64. The van der Waals surface area contributed by atoms with Crippen molar-refractivity contribution in [2.45, 2.75) is 72.1 Å². The number of nitrogens with zero attached hydrogens (tertiary/aromatic N) is 1. The van der Waals surface area contributed by atoms with Crippen molar-refractivity contribution < 1.29 is 4.79 Å². The Kier molecular flexibility index (Phi) is 4.78. The standard InChI is InChI=1S/C13H26N2O/c1-6-9(4)10(5)15-12(8-3)14-11(7-2)13(15)16/h9-12,14H,6-8H2,1-5H3. The Bertz CT molecular complexity index is 242. The number of rotatable bonds is 5. The molecule has 0 saturated carbocycles. The van der Waals surface area contributed by atoms with Crippen LogP contribution in [0.5, 0.6) is 0 Å². The van der Waals surface area contributed by atoms with Gasteiger partial charge in [-0.1, -0.05) is 34.1 Å². The maximum Gasteiger partial charge on any atom is 0.241 e. The summed E-state index contributed by atoms with van der Waals surface area (Å²) in [7, 11) is 0. The van der Waals surface area contributed by atoms with Crippen LogP contribution in [0.3, 0.4) is 0 Å². The van der Waals surface area contributed by atoms with Crippen LogP contribution >= 0.6 is 0 Å². The molecule has 0 aliphatic carbocycles. The number of nitrogens with one attached hydrogen (secondary N) is 1. The minimum Gasteiger partial charge on any atom is -0.323 e. The van der Waals surface area contributed by atoms with Crippen molar-refractivity contribution in [3.05, 3.63) is 0 Å². The molecule has 4 atom stereocenters. The molecular formula is C13H26N2O. The van der Waals surface area contributed by atoms with E-state index in [-0.39, 0.29) is 12.2 Å². The van der Waals surface area contributed by atoms with Gasteiger partial charge in [0.05, 0.1) is 12.2 Å². The van der Waals surface area contributed by atoms with Crippen LogP contribution in [0.2, 0.25) is 0 Å². The summed E-state index contributed by atoms with van der Waals surface area (Å²) >= 11 is 0. The lowest BCUT2D eigenvalue weighted by Gasteiger charge is -2.33. The lowest BCUT2D eigenvalue weighted by molar-refractivity contribution is -0.133. The van der Waals surface area contributed by atoms with E-state index in [0.717, 1.165) is 19.3 Å². The Morgan fingerprint density at radius 2 is 1.88 bits per heavy atom. The first-order chi connectivity index (χ1) is 7.56. The van der Waals surface area contributed by atoms with Crippen molar-refractivity contribution in [2.24, 2.45) is 5.92 Å². The van der Waals surface area contributed by atoms with Gasteiger partial charge in [-0.25, -0.2) is 0 Å². The minimum absolute atomic E-state index is 0.0384. The molecule has 1 amide bonds. The summed E-state index contributed by atoms with van der Waals surface area (Å²) in [5.41, 5.74) is 0. The molecule has 1 aliphatic rings. The molecule has 1 heterocycles. The summed E-state index contributed by atoms with van der Waals surface area (Å²) < 4.78 is 0. The third-order valence-electron chi connectivity index (χ3n) is 3.98. The number of hydrogen-bond donors (Lipinski definition) is 1. The highest BCUT2D eigenvalue weighted by Gasteiger charge is 2.40. The molecule has 3 heteroatoms. The smallest absolute Gasteiger partial charge is 0.241 e. The molecular weight excluding hydrogens is 200 g/mol. The fourth-order valence-corrected chi connectivity index (χ4v) is 2.42. The Balaban J connectivity index is 2.79. The van der Waals surface area contributed by atoms with Crippen molar-refractivity contribution in [3.63, 3.8) is 0 Å². The molecule has 16 heavy (non-hydrogen) atoms. The number of carbonyl (C=O) groups excluding carboxylic acids is 1. The van der Waals surface area contributed by atoms with Gasteiger partial charge in [-0.15, -0.1) is 0 Å². The van der Waals surface area contributed by atoms with Gasteiger partial charge in [0.15, 0.2) is 0 Å². The van der Waals surface area contributed by atoms with Crippen LogP contribution in [0, 0.1) is 5.92 Å². The van der Waals surface area contributed by atoms with Gasteiger partial charge in [-0.05, 0) is 25.7 Å². The summed E-state index contributed by atoms with van der Waals surface area (Å²) in [4.78, 5) is 14.3. The van der Waals surface area contributed by atoms with E-state index < -0.39 is 0 Å². The lowest BCUT2D eigenvalue weighted by atomic mass is 9.98. The third kappa shape index (κ3) is 2.40. The summed E-state index contributed by atoms with van der Waals surface area (Å²) in [6, 6.07) is 0.378. The predicted molar refractivity (Wildman–Crippen MR) is 67.1 cm³/mol. The molecule has 3 nitrogen and oxygen atoms in total. The Hall–Kier alpha value is -0.570. The van der Waals surface area contributed by atoms with Gasteiger partial charge in [-0.3, -0.25) is 10.1 Å². The zero-order valence-corrected chi connectivity index (χ0v) is 11.3. The summed E-state index contributed by atoms with van der Waals surface area (Å²) in [6.07, 6.45) is 3.24.